The van der Waals surface area contributed by atoms with Gasteiger partial charge in [0.15, 0.2) is 11.8 Å². The highest BCUT2D eigenvalue weighted by atomic mass is 16.3. The molecule has 4 N–H and O–H groups in total. The Labute approximate surface area is 81.2 Å². The first kappa shape index (κ1) is 8.17. The summed E-state index contributed by atoms with van der Waals surface area (Å²) >= 11 is 0. The van der Waals surface area contributed by atoms with E-state index in [2.05, 4.69) is 4.98 Å². The van der Waals surface area contributed by atoms with Crippen molar-refractivity contribution in [3.05, 3.63) is 11.1 Å². The van der Waals surface area contributed by atoms with E-state index in [-0.39, 0.29) is 30.2 Å². The van der Waals surface area contributed by atoms with Gasteiger partial charge in [-0.2, -0.15) is 0 Å². The Balaban J connectivity index is 2.13. The predicted molar refractivity (Wildman–Crippen MR) is 49.4 cm³/mol. The monoisotopic (exact) mass is 195 g/mol. The normalized spacial score (nSPS) is 33.6. The van der Waals surface area contributed by atoms with Crippen molar-refractivity contribution in [2.24, 2.45) is 5.92 Å². The molecule has 1 fully saturated rings. The Hall–Kier alpha value is -1.16. The number of hydrogen-bond acceptors (Lipinski definition) is 3. The van der Waals surface area contributed by atoms with Gasteiger partial charge in [0.25, 0.3) is 0 Å². The van der Waals surface area contributed by atoms with Crippen LogP contribution < -0.4 is 0 Å². The van der Waals surface area contributed by atoms with E-state index in [0.29, 0.717) is 5.92 Å². The molecular formula is C10H13NO3. The number of rotatable bonds is 1. The molecule has 1 heterocycles. The fourth-order valence-corrected chi connectivity index (χ4v) is 3.21. The van der Waals surface area contributed by atoms with Crippen molar-refractivity contribution in [3.63, 3.8) is 0 Å². The molecule has 76 valence electrons. The largest absolute Gasteiger partial charge is 0.494 e. The molecule has 1 saturated carbocycles. The molecule has 4 heteroatoms. The number of aromatic hydroxyl groups is 2. The Morgan fingerprint density at radius 2 is 1.86 bits per heavy atom. The van der Waals surface area contributed by atoms with Crippen molar-refractivity contribution in [2.75, 3.05) is 6.61 Å². The maximum absolute atomic E-state index is 9.59. The number of aromatic nitrogens is 1. The highest BCUT2D eigenvalue weighted by Gasteiger charge is 2.47. The van der Waals surface area contributed by atoms with Crippen LogP contribution in [-0.2, 0) is 0 Å². The number of aliphatic hydroxyl groups is 1. The zero-order chi connectivity index (χ0) is 9.87. The van der Waals surface area contributed by atoms with Crippen molar-refractivity contribution in [2.45, 2.75) is 24.7 Å². The van der Waals surface area contributed by atoms with Crippen LogP contribution >= 0.6 is 0 Å². The van der Waals surface area contributed by atoms with Gasteiger partial charge >= 0.3 is 0 Å². The molecule has 0 spiro atoms. The van der Waals surface area contributed by atoms with Gasteiger partial charge in [0, 0.05) is 17.7 Å². The van der Waals surface area contributed by atoms with Crippen LogP contribution in [0.2, 0.25) is 0 Å². The lowest BCUT2D eigenvalue weighted by Crippen LogP contribution is -2.13. The van der Waals surface area contributed by atoms with Crippen molar-refractivity contribution in [1.82, 2.24) is 4.98 Å². The molecule has 0 amide bonds. The summed E-state index contributed by atoms with van der Waals surface area (Å²) in [7, 11) is 0. The lowest BCUT2D eigenvalue weighted by Gasteiger charge is -2.19. The first-order valence-electron chi connectivity index (χ1n) is 4.97. The van der Waals surface area contributed by atoms with Gasteiger partial charge in [0.1, 0.15) is 0 Å². The first-order chi connectivity index (χ1) is 6.72. The molecule has 3 rings (SSSR count). The maximum atomic E-state index is 9.59. The van der Waals surface area contributed by atoms with E-state index in [1.165, 1.54) is 0 Å². The van der Waals surface area contributed by atoms with E-state index in [1.54, 1.807) is 0 Å². The number of fused-ring (bicyclic) bond motifs is 5. The Morgan fingerprint density at radius 3 is 2.57 bits per heavy atom. The van der Waals surface area contributed by atoms with Crippen molar-refractivity contribution >= 4 is 0 Å². The van der Waals surface area contributed by atoms with Gasteiger partial charge in [0.2, 0.25) is 0 Å². The molecule has 2 bridgehead atoms. The third kappa shape index (κ3) is 0.773. The average molecular weight is 195 g/mol. The van der Waals surface area contributed by atoms with Crippen LogP contribution in [0.5, 0.6) is 11.8 Å². The maximum Gasteiger partial charge on any atom is 0.195 e. The summed E-state index contributed by atoms with van der Waals surface area (Å²) in [4.78, 5) is 2.55. The highest BCUT2D eigenvalue weighted by molar-refractivity contribution is 5.53. The van der Waals surface area contributed by atoms with Gasteiger partial charge in [-0.15, -0.1) is 0 Å². The summed E-state index contributed by atoms with van der Waals surface area (Å²) in [6.07, 6.45) is 1.89. The van der Waals surface area contributed by atoms with Gasteiger partial charge in [-0.1, -0.05) is 0 Å². The summed E-state index contributed by atoms with van der Waals surface area (Å²) in [5.74, 6) is 1.01. The molecule has 2 aliphatic carbocycles. The minimum absolute atomic E-state index is 0.0863. The smallest absolute Gasteiger partial charge is 0.195 e. The summed E-state index contributed by atoms with van der Waals surface area (Å²) in [6.45, 7) is 0.173. The first-order valence-corrected chi connectivity index (χ1v) is 4.97. The zero-order valence-corrected chi connectivity index (χ0v) is 7.70. The van der Waals surface area contributed by atoms with Gasteiger partial charge < -0.3 is 15.3 Å². The number of aromatic amines is 1. The van der Waals surface area contributed by atoms with E-state index in [1.807, 2.05) is 0 Å². The highest BCUT2D eigenvalue weighted by Crippen LogP contribution is 2.60. The van der Waals surface area contributed by atoms with Crippen molar-refractivity contribution < 1.29 is 15.3 Å². The molecule has 14 heavy (non-hydrogen) atoms. The molecule has 4 nitrogen and oxygen atoms in total. The second kappa shape index (κ2) is 2.45. The molecule has 1 aromatic rings. The molecule has 3 unspecified atom stereocenters. The van der Waals surface area contributed by atoms with E-state index in [4.69, 9.17) is 5.11 Å². The second-order valence-corrected chi connectivity index (χ2v) is 4.37. The number of aliphatic hydroxyl groups excluding tert-OH is 1. The van der Waals surface area contributed by atoms with Crippen molar-refractivity contribution in [3.8, 4) is 11.8 Å². The van der Waals surface area contributed by atoms with Crippen molar-refractivity contribution in [1.29, 1.82) is 0 Å². The van der Waals surface area contributed by atoms with Crippen LogP contribution in [0, 0.1) is 5.92 Å². The number of hydrogen-bond donors (Lipinski definition) is 4. The number of nitrogens with one attached hydrogen (secondary N) is 1. The lowest BCUT2D eigenvalue weighted by atomic mass is 9.86. The Kier molecular flexibility index (Phi) is 1.43. The fraction of sp³-hybridized carbons (Fsp3) is 0.600. The molecule has 0 aliphatic heterocycles. The third-order valence-electron chi connectivity index (χ3n) is 3.75. The molecule has 0 radical (unpaired) electrons. The van der Waals surface area contributed by atoms with Crippen LogP contribution in [0.4, 0.5) is 0 Å². The third-order valence-corrected chi connectivity index (χ3v) is 3.75. The van der Waals surface area contributed by atoms with Crippen LogP contribution in [0.3, 0.4) is 0 Å². The average Bonchev–Trinajstić information content (AvgIpc) is 2.78. The topological polar surface area (TPSA) is 76.5 Å². The Morgan fingerprint density at radius 1 is 1.14 bits per heavy atom. The molecule has 0 saturated heterocycles. The summed E-state index contributed by atoms with van der Waals surface area (Å²) in [5.41, 5.74) is 1.73. The summed E-state index contributed by atoms with van der Waals surface area (Å²) in [6, 6.07) is 0. The quantitative estimate of drug-likeness (QED) is 0.540. The lowest BCUT2D eigenvalue weighted by molar-refractivity contribution is 0.212. The van der Waals surface area contributed by atoms with Crippen LogP contribution in [-0.4, -0.2) is 26.9 Å². The molecule has 3 atom stereocenters. The SMILES string of the molecule is OCC1CC2CC1c1c(O)[nH]c(O)c12. The fourth-order valence-electron chi connectivity index (χ4n) is 3.21. The van der Waals surface area contributed by atoms with Gasteiger partial charge in [-0.05, 0) is 30.6 Å². The molecule has 0 aromatic carbocycles. The zero-order valence-electron chi connectivity index (χ0n) is 7.70. The standard InChI is InChI=1S/C10H13NO3/c12-3-5-1-4-2-6(5)8-7(4)9(13)11-10(8)14/h4-6,11-14H,1-3H2. The van der Waals surface area contributed by atoms with Gasteiger partial charge in [-0.3, -0.25) is 4.98 Å². The van der Waals surface area contributed by atoms with Crippen LogP contribution in [0.1, 0.15) is 35.8 Å². The minimum atomic E-state index is 0.0863. The van der Waals surface area contributed by atoms with Crippen LogP contribution in [0.15, 0.2) is 0 Å². The molecular weight excluding hydrogens is 182 g/mol. The van der Waals surface area contributed by atoms with Gasteiger partial charge in [-0.25, -0.2) is 0 Å². The predicted octanol–water partition coefficient (Wildman–Crippen LogP) is 1.01. The number of H-pyrrole nitrogens is 1. The minimum Gasteiger partial charge on any atom is -0.494 e. The molecule has 2 aliphatic rings. The van der Waals surface area contributed by atoms with E-state index in [0.717, 1.165) is 24.0 Å². The van der Waals surface area contributed by atoms with E-state index >= 15 is 0 Å². The van der Waals surface area contributed by atoms with Crippen LogP contribution in [0.25, 0.3) is 0 Å². The second-order valence-electron chi connectivity index (χ2n) is 4.37. The summed E-state index contributed by atoms with van der Waals surface area (Å²) < 4.78 is 0. The van der Waals surface area contributed by atoms with Gasteiger partial charge in [0.05, 0.1) is 0 Å². The Bertz CT molecular complexity index is 385. The van der Waals surface area contributed by atoms with E-state index in [9.17, 15) is 10.2 Å². The van der Waals surface area contributed by atoms with E-state index < -0.39 is 0 Å². The molecule has 1 aromatic heterocycles. The summed E-state index contributed by atoms with van der Waals surface area (Å²) in [5, 5.41) is 28.3.